The molecule has 1 atom stereocenters. The van der Waals surface area contributed by atoms with Crippen molar-refractivity contribution in [3.8, 4) is 0 Å². The standard InChI is InChI=1S/C15H25N3/c1-11(2)18(12(3)4)15-8-7-13(10-17-15)14-6-5-9-16-14/h7-8,10-12,14,16H,5-6,9H2,1-4H3/t14-/m1/s1. The largest absolute Gasteiger partial charge is 0.352 e. The van der Waals surface area contributed by atoms with Crippen molar-refractivity contribution in [2.24, 2.45) is 0 Å². The first-order valence-electron chi connectivity index (χ1n) is 7.07. The third-order valence-corrected chi connectivity index (χ3v) is 3.61. The Kier molecular flexibility index (Phi) is 4.23. The first-order valence-corrected chi connectivity index (χ1v) is 7.07. The van der Waals surface area contributed by atoms with Crippen LogP contribution in [0.3, 0.4) is 0 Å². The molecule has 1 fully saturated rings. The highest BCUT2D eigenvalue weighted by molar-refractivity contribution is 5.41. The van der Waals surface area contributed by atoms with Gasteiger partial charge in [0.25, 0.3) is 0 Å². The second-order valence-corrected chi connectivity index (χ2v) is 5.69. The predicted octanol–water partition coefficient (Wildman–Crippen LogP) is 3.13. The molecule has 1 aliphatic heterocycles. The molecule has 0 unspecified atom stereocenters. The van der Waals surface area contributed by atoms with Crippen LogP contribution >= 0.6 is 0 Å². The van der Waals surface area contributed by atoms with Crippen LogP contribution in [0.1, 0.15) is 52.1 Å². The molecule has 0 bridgehead atoms. The fourth-order valence-electron chi connectivity index (χ4n) is 2.85. The van der Waals surface area contributed by atoms with Crippen molar-refractivity contribution in [2.45, 2.75) is 58.7 Å². The topological polar surface area (TPSA) is 28.2 Å². The summed E-state index contributed by atoms with van der Waals surface area (Å²) in [5, 5.41) is 3.51. The Bertz CT molecular complexity index is 356. The van der Waals surface area contributed by atoms with Crippen LogP contribution in [0.5, 0.6) is 0 Å². The Balaban J connectivity index is 2.15. The van der Waals surface area contributed by atoms with E-state index in [2.05, 4.69) is 55.0 Å². The molecule has 0 saturated carbocycles. The van der Waals surface area contributed by atoms with E-state index in [1.807, 2.05) is 6.20 Å². The van der Waals surface area contributed by atoms with Gasteiger partial charge in [0.15, 0.2) is 0 Å². The van der Waals surface area contributed by atoms with E-state index < -0.39 is 0 Å². The van der Waals surface area contributed by atoms with Gasteiger partial charge in [-0.3, -0.25) is 0 Å². The van der Waals surface area contributed by atoms with Crippen LogP contribution in [0.4, 0.5) is 5.82 Å². The van der Waals surface area contributed by atoms with Crippen LogP contribution in [0.15, 0.2) is 18.3 Å². The summed E-state index contributed by atoms with van der Waals surface area (Å²) in [5.74, 6) is 1.08. The summed E-state index contributed by atoms with van der Waals surface area (Å²) >= 11 is 0. The zero-order valence-corrected chi connectivity index (χ0v) is 12.0. The van der Waals surface area contributed by atoms with E-state index >= 15 is 0 Å². The summed E-state index contributed by atoms with van der Waals surface area (Å²) in [7, 11) is 0. The smallest absolute Gasteiger partial charge is 0.128 e. The van der Waals surface area contributed by atoms with Gasteiger partial charge in [0.2, 0.25) is 0 Å². The maximum Gasteiger partial charge on any atom is 0.128 e. The summed E-state index contributed by atoms with van der Waals surface area (Å²) in [6.07, 6.45) is 4.55. The zero-order valence-electron chi connectivity index (χ0n) is 12.0. The molecule has 0 spiro atoms. The second kappa shape index (κ2) is 5.70. The lowest BCUT2D eigenvalue weighted by molar-refractivity contribution is 0.598. The van der Waals surface area contributed by atoms with E-state index in [1.165, 1.54) is 18.4 Å². The van der Waals surface area contributed by atoms with Gasteiger partial charge in [-0.1, -0.05) is 6.07 Å². The molecule has 1 saturated heterocycles. The number of hydrogen-bond donors (Lipinski definition) is 1. The van der Waals surface area contributed by atoms with Crippen LogP contribution in [0, 0.1) is 0 Å². The Morgan fingerprint density at radius 1 is 1.22 bits per heavy atom. The molecule has 100 valence electrons. The normalized spacial score (nSPS) is 19.8. The molecule has 3 heteroatoms. The Morgan fingerprint density at radius 2 is 1.94 bits per heavy atom. The Morgan fingerprint density at radius 3 is 2.39 bits per heavy atom. The number of aromatic nitrogens is 1. The van der Waals surface area contributed by atoms with Crippen molar-refractivity contribution in [3.05, 3.63) is 23.9 Å². The minimum Gasteiger partial charge on any atom is -0.352 e. The molecule has 2 rings (SSSR count). The number of nitrogens with zero attached hydrogens (tertiary/aromatic N) is 2. The van der Waals surface area contributed by atoms with Crippen molar-refractivity contribution >= 4 is 5.82 Å². The maximum absolute atomic E-state index is 4.65. The fraction of sp³-hybridized carbons (Fsp3) is 0.667. The van der Waals surface area contributed by atoms with E-state index in [0.29, 0.717) is 18.1 Å². The molecule has 1 aromatic heterocycles. The minimum absolute atomic E-state index is 0.480. The number of rotatable bonds is 4. The maximum atomic E-state index is 4.65. The molecule has 2 heterocycles. The summed E-state index contributed by atoms with van der Waals surface area (Å²) < 4.78 is 0. The van der Waals surface area contributed by atoms with Crippen molar-refractivity contribution in [1.82, 2.24) is 10.3 Å². The van der Waals surface area contributed by atoms with Gasteiger partial charge in [0, 0.05) is 24.3 Å². The van der Waals surface area contributed by atoms with Gasteiger partial charge in [-0.25, -0.2) is 4.98 Å². The lowest BCUT2D eigenvalue weighted by atomic mass is 10.1. The lowest BCUT2D eigenvalue weighted by Crippen LogP contribution is -2.37. The molecule has 1 aromatic rings. The van der Waals surface area contributed by atoms with Crippen molar-refractivity contribution < 1.29 is 0 Å². The molecule has 3 nitrogen and oxygen atoms in total. The third kappa shape index (κ3) is 2.83. The van der Waals surface area contributed by atoms with Crippen LogP contribution in [0.25, 0.3) is 0 Å². The van der Waals surface area contributed by atoms with E-state index in [1.54, 1.807) is 0 Å². The van der Waals surface area contributed by atoms with Crippen molar-refractivity contribution in [1.29, 1.82) is 0 Å². The molecule has 0 radical (unpaired) electrons. The van der Waals surface area contributed by atoms with Gasteiger partial charge < -0.3 is 10.2 Å². The number of hydrogen-bond acceptors (Lipinski definition) is 3. The highest BCUT2D eigenvalue weighted by atomic mass is 15.2. The second-order valence-electron chi connectivity index (χ2n) is 5.69. The van der Waals surface area contributed by atoms with Crippen molar-refractivity contribution in [2.75, 3.05) is 11.4 Å². The SMILES string of the molecule is CC(C)N(c1ccc([C@H]2CCCN2)cn1)C(C)C. The molecule has 18 heavy (non-hydrogen) atoms. The molecule has 0 amide bonds. The summed E-state index contributed by atoms with van der Waals surface area (Å²) in [5.41, 5.74) is 1.32. The van der Waals surface area contributed by atoms with E-state index in [0.717, 1.165) is 12.4 Å². The molecule has 0 aromatic carbocycles. The summed E-state index contributed by atoms with van der Waals surface area (Å²) in [6, 6.07) is 5.86. The lowest BCUT2D eigenvalue weighted by Gasteiger charge is -2.32. The fourth-order valence-corrected chi connectivity index (χ4v) is 2.85. The highest BCUT2D eigenvalue weighted by Crippen LogP contribution is 2.24. The molecular weight excluding hydrogens is 222 g/mol. The molecule has 1 aliphatic rings. The Hall–Kier alpha value is -1.09. The van der Waals surface area contributed by atoms with Crippen LogP contribution in [-0.4, -0.2) is 23.6 Å². The first kappa shape index (κ1) is 13.3. The van der Waals surface area contributed by atoms with E-state index in [4.69, 9.17) is 0 Å². The quantitative estimate of drug-likeness (QED) is 0.886. The minimum atomic E-state index is 0.480. The predicted molar refractivity (Wildman–Crippen MR) is 77.0 cm³/mol. The first-order chi connectivity index (χ1) is 8.59. The Labute approximate surface area is 111 Å². The van der Waals surface area contributed by atoms with Gasteiger partial charge in [0.05, 0.1) is 0 Å². The summed E-state index contributed by atoms with van der Waals surface area (Å²) in [6.45, 7) is 10.0. The van der Waals surface area contributed by atoms with Crippen LogP contribution in [0.2, 0.25) is 0 Å². The van der Waals surface area contributed by atoms with Gasteiger partial charge in [-0.15, -0.1) is 0 Å². The third-order valence-electron chi connectivity index (χ3n) is 3.61. The average Bonchev–Trinajstić information content (AvgIpc) is 2.82. The number of nitrogens with one attached hydrogen (secondary N) is 1. The monoisotopic (exact) mass is 247 g/mol. The average molecular weight is 247 g/mol. The summed E-state index contributed by atoms with van der Waals surface area (Å²) in [4.78, 5) is 7.01. The van der Waals surface area contributed by atoms with Crippen LogP contribution < -0.4 is 10.2 Å². The van der Waals surface area contributed by atoms with Gasteiger partial charge in [0.1, 0.15) is 5.82 Å². The van der Waals surface area contributed by atoms with Gasteiger partial charge >= 0.3 is 0 Å². The number of pyridine rings is 1. The molecule has 1 N–H and O–H groups in total. The van der Waals surface area contributed by atoms with Crippen LogP contribution in [-0.2, 0) is 0 Å². The highest BCUT2D eigenvalue weighted by Gasteiger charge is 2.18. The van der Waals surface area contributed by atoms with Gasteiger partial charge in [-0.2, -0.15) is 0 Å². The number of anilines is 1. The van der Waals surface area contributed by atoms with Gasteiger partial charge in [-0.05, 0) is 58.7 Å². The molecular formula is C15H25N3. The van der Waals surface area contributed by atoms with Crippen molar-refractivity contribution in [3.63, 3.8) is 0 Å². The van der Waals surface area contributed by atoms with E-state index in [9.17, 15) is 0 Å². The zero-order chi connectivity index (χ0) is 13.1. The van der Waals surface area contributed by atoms with E-state index in [-0.39, 0.29) is 0 Å². The molecule has 0 aliphatic carbocycles.